The lowest BCUT2D eigenvalue weighted by Gasteiger charge is -2.26. The minimum atomic E-state index is -1.04. The van der Waals surface area contributed by atoms with Crippen molar-refractivity contribution >= 4 is 33.4 Å². The normalized spacial score (nSPS) is 36.7. The lowest BCUT2D eigenvalue weighted by molar-refractivity contribution is -0.128. The molecule has 3 aliphatic heterocycles. The molecule has 0 saturated carbocycles. The van der Waals surface area contributed by atoms with Crippen LogP contribution in [0.15, 0.2) is 40.9 Å². The second-order valence-electron chi connectivity index (χ2n) is 5.55. The summed E-state index contributed by atoms with van der Waals surface area (Å²) < 4.78 is 6.56. The van der Waals surface area contributed by atoms with Crippen LogP contribution in [-0.4, -0.2) is 35.2 Å². The average molecular weight is 350 g/mol. The van der Waals surface area contributed by atoms with Gasteiger partial charge in [0.15, 0.2) is 0 Å². The first kappa shape index (κ1) is 13.2. The molecule has 0 unspecified atom stereocenters. The van der Waals surface area contributed by atoms with Crippen LogP contribution in [0.25, 0.3) is 0 Å². The average Bonchev–Trinajstić information content (AvgIpc) is 3.12. The van der Waals surface area contributed by atoms with Crippen molar-refractivity contribution in [1.29, 1.82) is 0 Å². The molecule has 3 heterocycles. The van der Waals surface area contributed by atoms with E-state index in [1.807, 2.05) is 0 Å². The predicted molar refractivity (Wildman–Crippen MR) is 77.4 cm³/mol. The fourth-order valence-corrected chi connectivity index (χ4v) is 3.79. The molecule has 0 radical (unpaired) electrons. The molecule has 3 aliphatic rings. The van der Waals surface area contributed by atoms with Gasteiger partial charge in [0, 0.05) is 4.47 Å². The van der Waals surface area contributed by atoms with Crippen molar-refractivity contribution in [2.45, 2.75) is 11.7 Å². The zero-order valence-corrected chi connectivity index (χ0v) is 12.5. The summed E-state index contributed by atoms with van der Waals surface area (Å²) in [6.07, 6.45) is 3.07. The predicted octanol–water partition coefficient (Wildman–Crippen LogP) is 1.25. The van der Waals surface area contributed by atoms with Gasteiger partial charge in [-0.3, -0.25) is 9.59 Å². The summed E-state index contributed by atoms with van der Waals surface area (Å²) in [5.41, 5.74) is -0.485. The molecule has 1 aromatic rings. The summed E-state index contributed by atoms with van der Waals surface area (Å²) >= 11 is 3.33. The minimum Gasteiger partial charge on any atom is -0.393 e. The Bertz CT molecular complexity index is 671. The molecule has 2 fully saturated rings. The highest BCUT2D eigenvalue weighted by molar-refractivity contribution is 9.10. The Morgan fingerprint density at radius 2 is 1.95 bits per heavy atom. The van der Waals surface area contributed by atoms with E-state index in [0.29, 0.717) is 5.69 Å². The lowest BCUT2D eigenvalue weighted by atomic mass is 9.77. The first-order chi connectivity index (χ1) is 10.1. The van der Waals surface area contributed by atoms with Crippen molar-refractivity contribution in [1.82, 2.24) is 0 Å². The number of halogens is 1. The highest BCUT2D eigenvalue weighted by Gasteiger charge is 2.67. The Morgan fingerprint density at radius 3 is 2.62 bits per heavy atom. The molecule has 0 spiro atoms. The van der Waals surface area contributed by atoms with Crippen molar-refractivity contribution in [3.63, 3.8) is 0 Å². The number of anilines is 1. The standard InChI is InChI=1S/C15H12BrNO4/c16-8-1-3-9(4-2-8)17-13(19)11-10-5-6-15(7-18,21-10)12(11)14(17)20/h1-6,10-12,18H,7H2/t10-,11+,12-,15-/m0/s1. The molecule has 21 heavy (non-hydrogen) atoms. The Kier molecular flexibility index (Phi) is 2.67. The molecule has 5 nitrogen and oxygen atoms in total. The smallest absolute Gasteiger partial charge is 0.241 e. The van der Waals surface area contributed by atoms with Crippen molar-refractivity contribution in [3.8, 4) is 0 Å². The van der Waals surface area contributed by atoms with E-state index < -0.39 is 23.5 Å². The number of aliphatic hydroxyl groups excluding tert-OH is 1. The Morgan fingerprint density at radius 1 is 1.24 bits per heavy atom. The maximum absolute atomic E-state index is 12.7. The van der Waals surface area contributed by atoms with Gasteiger partial charge in [-0.25, -0.2) is 4.90 Å². The van der Waals surface area contributed by atoms with Gasteiger partial charge in [0.25, 0.3) is 0 Å². The molecule has 6 heteroatoms. The summed E-state index contributed by atoms with van der Waals surface area (Å²) in [6.45, 7) is -0.297. The molecule has 0 aliphatic carbocycles. The van der Waals surface area contributed by atoms with Crippen LogP contribution in [0.1, 0.15) is 0 Å². The third-order valence-electron chi connectivity index (χ3n) is 4.49. The third kappa shape index (κ3) is 1.58. The van der Waals surface area contributed by atoms with Gasteiger partial charge in [0.2, 0.25) is 11.8 Å². The topological polar surface area (TPSA) is 66.8 Å². The fraction of sp³-hybridized carbons (Fsp3) is 0.333. The molecule has 2 saturated heterocycles. The number of carbonyl (C=O) groups is 2. The number of rotatable bonds is 2. The van der Waals surface area contributed by atoms with E-state index in [2.05, 4.69) is 15.9 Å². The Labute approximate surface area is 129 Å². The van der Waals surface area contributed by atoms with Gasteiger partial charge < -0.3 is 9.84 Å². The quantitative estimate of drug-likeness (QED) is 0.644. The van der Waals surface area contributed by atoms with Gasteiger partial charge in [0.1, 0.15) is 5.60 Å². The number of ether oxygens (including phenoxy) is 1. The SMILES string of the molecule is O=C1[C@@H]2[C@@H]3C=C[C@@](CO)(O3)[C@@H]2C(=O)N1c1ccc(Br)cc1. The number of fused-ring (bicyclic) bond motifs is 5. The third-order valence-corrected chi connectivity index (χ3v) is 5.02. The zero-order chi connectivity index (χ0) is 14.8. The van der Waals surface area contributed by atoms with Gasteiger partial charge in [-0.1, -0.05) is 28.1 Å². The number of aliphatic hydroxyl groups is 1. The highest BCUT2D eigenvalue weighted by Crippen LogP contribution is 2.52. The first-order valence-corrected chi connectivity index (χ1v) is 7.48. The molecular formula is C15H12BrNO4. The number of benzene rings is 1. The van der Waals surface area contributed by atoms with Crippen molar-refractivity contribution in [2.24, 2.45) is 11.8 Å². The van der Waals surface area contributed by atoms with Crippen LogP contribution >= 0.6 is 15.9 Å². The monoisotopic (exact) mass is 349 g/mol. The van der Waals surface area contributed by atoms with Crippen LogP contribution in [0.4, 0.5) is 5.69 Å². The van der Waals surface area contributed by atoms with Crippen molar-refractivity contribution < 1.29 is 19.4 Å². The van der Waals surface area contributed by atoms with E-state index in [4.69, 9.17) is 4.74 Å². The Hall–Kier alpha value is -1.50. The summed E-state index contributed by atoms with van der Waals surface area (Å²) in [4.78, 5) is 26.6. The molecule has 0 aromatic heterocycles. The molecular weight excluding hydrogens is 338 g/mol. The molecule has 2 amide bonds. The molecule has 4 rings (SSSR count). The number of carbonyl (C=O) groups excluding carboxylic acids is 2. The highest BCUT2D eigenvalue weighted by atomic mass is 79.9. The van der Waals surface area contributed by atoms with E-state index >= 15 is 0 Å². The largest absolute Gasteiger partial charge is 0.393 e. The summed E-state index contributed by atoms with van der Waals surface area (Å²) in [7, 11) is 0. The van der Waals surface area contributed by atoms with Gasteiger partial charge in [-0.05, 0) is 24.3 Å². The molecule has 1 N–H and O–H groups in total. The molecule has 1 aromatic carbocycles. The van der Waals surface area contributed by atoms with E-state index in [0.717, 1.165) is 4.47 Å². The first-order valence-electron chi connectivity index (χ1n) is 6.69. The second-order valence-corrected chi connectivity index (χ2v) is 6.46. The number of hydrogen-bond acceptors (Lipinski definition) is 4. The van der Waals surface area contributed by atoms with Gasteiger partial charge >= 0.3 is 0 Å². The second kappa shape index (κ2) is 4.25. The van der Waals surface area contributed by atoms with Crippen LogP contribution in [0, 0.1) is 11.8 Å². The molecule has 108 valence electrons. The fourth-order valence-electron chi connectivity index (χ4n) is 3.53. The van der Waals surface area contributed by atoms with Crippen molar-refractivity contribution in [2.75, 3.05) is 11.5 Å². The maximum Gasteiger partial charge on any atom is 0.241 e. The van der Waals surface area contributed by atoms with Gasteiger partial charge in [0.05, 0.1) is 30.2 Å². The Balaban J connectivity index is 1.77. The number of imide groups is 1. The van der Waals surface area contributed by atoms with Crippen molar-refractivity contribution in [3.05, 3.63) is 40.9 Å². The number of amides is 2. The molecule has 4 atom stereocenters. The number of hydrogen-bond donors (Lipinski definition) is 1. The summed E-state index contributed by atoms with van der Waals surface area (Å²) in [6, 6.07) is 7.02. The van der Waals surface area contributed by atoms with Gasteiger partial charge in [-0.15, -0.1) is 0 Å². The minimum absolute atomic E-state index is 0.253. The van der Waals surface area contributed by atoms with Crippen LogP contribution in [0.2, 0.25) is 0 Å². The summed E-state index contributed by atoms with van der Waals surface area (Å²) in [5, 5.41) is 9.62. The number of nitrogens with zero attached hydrogens (tertiary/aromatic N) is 1. The van der Waals surface area contributed by atoms with E-state index in [9.17, 15) is 14.7 Å². The lowest BCUT2D eigenvalue weighted by Crippen LogP contribution is -2.43. The van der Waals surface area contributed by atoms with E-state index in [1.165, 1.54) is 4.90 Å². The van der Waals surface area contributed by atoms with Crippen LogP contribution in [0.3, 0.4) is 0 Å². The van der Waals surface area contributed by atoms with E-state index in [-0.39, 0.29) is 18.4 Å². The van der Waals surface area contributed by atoms with Crippen LogP contribution < -0.4 is 4.90 Å². The van der Waals surface area contributed by atoms with E-state index in [1.54, 1.807) is 36.4 Å². The molecule has 2 bridgehead atoms. The maximum atomic E-state index is 12.7. The summed E-state index contributed by atoms with van der Waals surface area (Å²) in [5.74, 6) is -1.71. The van der Waals surface area contributed by atoms with Crippen LogP contribution in [-0.2, 0) is 14.3 Å². The van der Waals surface area contributed by atoms with Gasteiger partial charge in [-0.2, -0.15) is 0 Å². The van der Waals surface area contributed by atoms with Crippen LogP contribution in [0.5, 0.6) is 0 Å². The zero-order valence-electron chi connectivity index (χ0n) is 10.9.